The van der Waals surface area contributed by atoms with Crippen LogP contribution in [0.15, 0.2) is 18.2 Å². The number of hydrogen-bond acceptors (Lipinski definition) is 7. The smallest absolute Gasteiger partial charge is 0.157 e. The Kier molecular flexibility index (Phi) is 38.3. The van der Waals surface area contributed by atoms with Crippen LogP contribution in [0.5, 0.6) is 11.5 Å². The van der Waals surface area contributed by atoms with E-state index in [-0.39, 0.29) is 12.6 Å². The number of benzene rings is 1. The lowest BCUT2D eigenvalue weighted by Crippen LogP contribution is -2.20. The minimum absolute atomic E-state index is 0.155. The zero-order chi connectivity index (χ0) is 39.7. The third-order valence-electron chi connectivity index (χ3n) is 10.2. The van der Waals surface area contributed by atoms with Crippen LogP contribution in [0.25, 0.3) is 0 Å². The molecule has 0 aromatic heterocycles. The van der Waals surface area contributed by atoms with Crippen molar-refractivity contribution in [2.75, 3.05) is 46.7 Å². The predicted molar refractivity (Wildman–Crippen MR) is 234 cm³/mol. The molecule has 0 saturated heterocycles. The van der Waals surface area contributed by atoms with Crippen LogP contribution in [0.1, 0.15) is 213 Å². The van der Waals surface area contributed by atoms with Crippen molar-refractivity contribution < 1.29 is 28.4 Å². The number of ether oxygens (including phenoxy) is 6. The molecule has 0 radical (unpaired) electrons. The highest BCUT2D eigenvalue weighted by Gasteiger charge is 2.12. The Hall–Kier alpha value is -1.38. The molecule has 1 N–H and O–H groups in total. The van der Waals surface area contributed by atoms with Crippen molar-refractivity contribution in [3.8, 4) is 11.5 Å². The fourth-order valence-corrected chi connectivity index (χ4v) is 6.80. The number of hydrogen-bond donors (Lipinski definition) is 1. The summed E-state index contributed by atoms with van der Waals surface area (Å²) in [6.07, 6.45) is 33.5. The van der Waals surface area contributed by atoms with Gasteiger partial charge >= 0.3 is 0 Å². The van der Waals surface area contributed by atoms with Gasteiger partial charge in [-0.15, -0.1) is 0 Å². The van der Waals surface area contributed by atoms with E-state index in [2.05, 4.69) is 45.1 Å². The fourth-order valence-electron chi connectivity index (χ4n) is 6.80. The Morgan fingerprint density at radius 1 is 0.382 bits per heavy atom. The van der Waals surface area contributed by atoms with Gasteiger partial charge < -0.3 is 33.7 Å². The first-order valence-corrected chi connectivity index (χ1v) is 23.7. The van der Waals surface area contributed by atoms with Gasteiger partial charge in [0.15, 0.2) is 12.6 Å². The predicted octanol–water partition coefficient (Wildman–Crippen LogP) is 13.9. The van der Waals surface area contributed by atoms with Gasteiger partial charge in [-0.05, 0) is 63.3 Å². The van der Waals surface area contributed by atoms with Crippen LogP contribution in [-0.4, -0.2) is 59.3 Å². The van der Waals surface area contributed by atoms with Crippen LogP contribution in [0.4, 0.5) is 0 Å². The largest absolute Gasteiger partial charge is 0.493 e. The molecule has 0 aliphatic carbocycles. The van der Waals surface area contributed by atoms with Gasteiger partial charge in [-0.25, -0.2) is 0 Å². The SMILES string of the molecule is CCCCCCCCOC(CCCOc1cc(CNC)cc(OCCCC(OCCCCCCCC)OCCCCCCCC)c1)OCCCCCCCC. The number of nitrogens with one attached hydrogen (secondary N) is 1. The lowest BCUT2D eigenvalue weighted by atomic mass is 10.1. The molecule has 1 aromatic rings. The van der Waals surface area contributed by atoms with Crippen LogP contribution in [0, 0.1) is 0 Å². The van der Waals surface area contributed by atoms with Crippen LogP contribution in [0.3, 0.4) is 0 Å². The summed E-state index contributed by atoms with van der Waals surface area (Å²) in [6.45, 7) is 14.2. The maximum atomic E-state index is 6.30. The first-order valence-electron chi connectivity index (χ1n) is 23.7. The van der Waals surface area contributed by atoms with Crippen LogP contribution >= 0.6 is 0 Å². The molecule has 55 heavy (non-hydrogen) atoms. The van der Waals surface area contributed by atoms with E-state index in [1.807, 2.05) is 13.1 Å². The average molecular weight is 778 g/mol. The second-order valence-electron chi connectivity index (χ2n) is 15.7. The summed E-state index contributed by atoms with van der Waals surface area (Å²) in [6, 6.07) is 6.27. The normalized spacial score (nSPS) is 11.7. The lowest BCUT2D eigenvalue weighted by molar-refractivity contribution is -0.148. The second kappa shape index (κ2) is 40.8. The molecule has 1 aromatic carbocycles. The van der Waals surface area contributed by atoms with Gasteiger partial charge in [-0.3, -0.25) is 0 Å². The Balaban J connectivity index is 2.59. The van der Waals surface area contributed by atoms with Crippen LogP contribution in [-0.2, 0) is 25.5 Å². The average Bonchev–Trinajstić information content (AvgIpc) is 3.19. The Labute approximate surface area is 341 Å². The van der Waals surface area contributed by atoms with Gasteiger partial charge in [0, 0.05) is 51.9 Å². The van der Waals surface area contributed by atoms with Crippen molar-refractivity contribution >= 4 is 0 Å². The molecular weight excluding hydrogens is 687 g/mol. The molecular formula is C48H91NO6. The van der Waals surface area contributed by atoms with E-state index in [9.17, 15) is 0 Å². The van der Waals surface area contributed by atoms with E-state index in [0.29, 0.717) is 13.2 Å². The first-order chi connectivity index (χ1) is 27.2. The Morgan fingerprint density at radius 3 is 1.00 bits per heavy atom. The quantitative estimate of drug-likeness (QED) is 0.0523. The highest BCUT2D eigenvalue weighted by molar-refractivity contribution is 5.38. The van der Waals surface area contributed by atoms with Crippen molar-refractivity contribution in [2.45, 2.75) is 227 Å². The third-order valence-corrected chi connectivity index (χ3v) is 10.2. The monoisotopic (exact) mass is 778 g/mol. The van der Waals surface area contributed by atoms with Crippen molar-refractivity contribution in [2.24, 2.45) is 0 Å². The van der Waals surface area contributed by atoms with Crippen molar-refractivity contribution in [3.05, 3.63) is 23.8 Å². The van der Waals surface area contributed by atoms with Gasteiger partial charge in [0.05, 0.1) is 13.2 Å². The summed E-state index contributed by atoms with van der Waals surface area (Å²) in [5, 5.41) is 3.28. The third kappa shape index (κ3) is 33.3. The molecule has 7 heteroatoms. The van der Waals surface area contributed by atoms with Gasteiger partial charge in [-0.2, -0.15) is 0 Å². The van der Waals surface area contributed by atoms with Crippen LogP contribution < -0.4 is 14.8 Å². The first kappa shape index (κ1) is 51.6. The molecule has 0 fully saturated rings. The van der Waals surface area contributed by atoms with E-state index < -0.39 is 0 Å². The van der Waals surface area contributed by atoms with Gasteiger partial charge in [0.1, 0.15) is 11.5 Å². The molecule has 0 heterocycles. The fraction of sp³-hybridized carbons (Fsp3) is 0.875. The molecule has 0 unspecified atom stereocenters. The summed E-state index contributed by atoms with van der Waals surface area (Å²) < 4.78 is 37.6. The molecule has 0 spiro atoms. The lowest BCUT2D eigenvalue weighted by Gasteiger charge is -2.20. The second-order valence-corrected chi connectivity index (χ2v) is 15.7. The van der Waals surface area contributed by atoms with E-state index >= 15 is 0 Å². The molecule has 0 bridgehead atoms. The number of unbranched alkanes of at least 4 members (excludes halogenated alkanes) is 20. The molecule has 7 nitrogen and oxygen atoms in total. The molecule has 324 valence electrons. The maximum absolute atomic E-state index is 6.30. The highest BCUT2D eigenvalue weighted by atomic mass is 16.7. The zero-order valence-electron chi connectivity index (χ0n) is 37.1. The maximum Gasteiger partial charge on any atom is 0.157 e. The standard InChI is InChI=1S/C48H91NO6/c1-6-10-14-18-22-26-34-52-47(53-35-27-23-19-15-11-7-2)32-30-38-50-45-40-44(43-49-5)41-46(42-45)51-39-31-33-48(54-36-28-24-20-16-12-8-3)55-37-29-25-21-17-13-9-4/h40-42,47-49H,6-39,43H2,1-5H3. The van der Waals surface area contributed by atoms with E-state index in [4.69, 9.17) is 28.4 Å². The van der Waals surface area contributed by atoms with E-state index in [0.717, 1.165) is 101 Å². The minimum atomic E-state index is -0.155. The molecule has 0 atom stereocenters. The van der Waals surface area contributed by atoms with Crippen molar-refractivity contribution in [1.29, 1.82) is 0 Å². The van der Waals surface area contributed by atoms with Gasteiger partial charge in [-0.1, -0.05) is 156 Å². The summed E-state index contributed by atoms with van der Waals surface area (Å²) >= 11 is 0. The molecule has 0 aliphatic rings. The van der Waals surface area contributed by atoms with Crippen molar-refractivity contribution in [3.63, 3.8) is 0 Å². The summed E-state index contributed by atoms with van der Waals surface area (Å²) in [5.74, 6) is 1.70. The number of rotatable bonds is 44. The molecule has 0 amide bonds. The van der Waals surface area contributed by atoms with Crippen molar-refractivity contribution in [1.82, 2.24) is 5.32 Å². The minimum Gasteiger partial charge on any atom is -0.493 e. The molecule has 0 saturated carbocycles. The Morgan fingerprint density at radius 2 is 0.691 bits per heavy atom. The zero-order valence-corrected chi connectivity index (χ0v) is 37.1. The van der Waals surface area contributed by atoms with Crippen LogP contribution in [0.2, 0.25) is 0 Å². The summed E-state index contributed by atoms with van der Waals surface area (Å²) in [5.41, 5.74) is 1.15. The van der Waals surface area contributed by atoms with Gasteiger partial charge in [0.25, 0.3) is 0 Å². The highest BCUT2D eigenvalue weighted by Crippen LogP contribution is 2.24. The van der Waals surface area contributed by atoms with E-state index in [1.165, 1.54) is 128 Å². The Bertz CT molecular complexity index is 814. The summed E-state index contributed by atoms with van der Waals surface area (Å²) in [4.78, 5) is 0. The van der Waals surface area contributed by atoms with Gasteiger partial charge in [0.2, 0.25) is 0 Å². The summed E-state index contributed by atoms with van der Waals surface area (Å²) in [7, 11) is 1.97. The van der Waals surface area contributed by atoms with E-state index in [1.54, 1.807) is 0 Å². The topological polar surface area (TPSA) is 67.4 Å². The molecule has 0 aliphatic heterocycles. The molecule has 1 rings (SSSR count).